The van der Waals surface area contributed by atoms with Gasteiger partial charge in [0.1, 0.15) is 5.76 Å². The zero-order valence-electron chi connectivity index (χ0n) is 32.6. The van der Waals surface area contributed by atoms with Crippen LogP contribution >= 0.6 is 27.5 Å². The third-order valence-corrected chi connectivity index (χ3v) is 11.3. The molecule has 5 rings (SSSR count). The van der Waals surface area contributed by atoms with Gasteiger partial charge in [-0.15, -0.1) is 0 Å². The normalized spacial score (nSPS) is 18.8. The highest BCUT2D eigenvalue weighted by atomic mass is 79.9. The molecule has 2 heterocycles. The number of carbonyl (C=O) groups is 2. The fraction of sp³-hybridized carbons (Fsp3) is 0.550. The van der Waals surface area contributed by atoms with Crippen LogP contribution < -0.4 is 10.8 Å². The average molecular weight is 827 g/mol. The van der Waals surface area contributed by atoms with Crippen LogP contribution in [0.4, 0.5) is 13.2 Å². The van der Waals surface area contributed by atoms with Gasteiger partial charge in [-0.2, -0.15) is 13.2 Å². The SMILES string of the molecule is CC1(C)CCC(C)(C)C1C(=O)Cl.COC(=O)C(C)(C)c1cccc(B2OC(C)(C)C(C)(C)O2)c1.FC(F)(F)c1ccc(CNCc2ccc(Br)cc2)o1. The Hall–Kier alpha value is -2.64. The van der Waals surface area contributed by atoms with Gasteiger partial charge in [-0.25, -0.2) is 0 Å². The van der Waals surface area contributed by atoms with E-state index in [0.29, 0.717) is 6.54 Å². The maximum atomic E-state index is 12.3. The van der Waals surface area contributed by atoms with Crippen molar-refractivity contribution >= 4 is 51.3 Å². The van der Waals surface area contributed by atoms with Gasteiger partial charge in [-0.05, 0) is 118 Å². The standard InChI is InChI=1S/C17H25BO4.C13H11BrF3NO.C10H17ClO/c1-15(2,14(19)20-7)12-9-8-10-13(11-12)18-21-16(3,4)17(5,6)22-18;14-10-3-1-9(2-4-10)7-18-8-11-5-6-12(19-11)13(15,16)17;1-9(2)5-6-10(3,4)7(9)8(11)12/h8-11H,1-7H3;1-6,18H,7-8H2;7H,5-6H2,1-4H3. The zero-order valence-corrected chi connectivity index (χ0v) is 34.9. The molecule has 0 bridgehead atoms. The highest BCUT2D eigenvalue weighted by Crippen LogP contribution is 2.54. The molecule has 1 saturated carbocycles. The number of hydrogen-bond acceptors (Lipinski definition) is 7. The number of hydrogen-bond donors (Lipinski definition) is 1. The molecule has 3 aromatic rings. The Bertz CT molecular complexity index is 1670. The number of alkyl halides is 3. The molecule has 0 amide bonds. The lowest BCUT2D eigenvalue weighted by Crippen LogP contribution is -2.41. The van der Waals surface area contributed by atoms with Gasteiger partial charge >= 0.3 is 19.3 Å². The summed E-state index contributed by atoms with van der Waals surface area (Å²) < 4.78 is 59.6. The number of ether oxygens (including phenoxy) is 1. The van der Waals surface area contributed by atoms with Crippen LogP contribution in [0.2, 0.25) is 0 Å². The lowest BCUT2D eigenvalue weighted by atomic mass is 9.73. The minimum absolute atomic E-state index is 0.0201. The van der Waals surface area contributed by atoms with Crippen LogP contribution in [0.1, 0.15) is 105 Å². The van der Waals surface area contributed by atoms with E-state index in [-0.39, 0.29) is 51.5 Å². The topological polar surface area (TPSA) is 87.0 Å². The molecule has 53 heavy (non-hydrogen) atoms. The summed E-state index contributed by atoms with van der Waals surface area (Å²) in [5.74, 6) is -0.942. The molecular weight excluding hydrogens is 774 g/mol. The summed E-state index contributed by atoms with van der Waals surface area (Å²) in [6.07, 6.45) is -2.23. The quantitative estimate of drug-likeness (QED) is 0.138. The van der Waals surface area contributed by atoms with Crippen molar-refractivity contribution in [2.75, 3.05) is 7.11 Å². The van der Waals surface area contributed by atoms with Crippen LogP contribution in [-0.4, -0.2) is 36.6 Å². The second kappa shape index (κ2) is 17.0. The van der Waals surface area contributed by atoms with Crippen LogP contribution in [0.3, 0.4) is 0 Å². The molecule has 1 N–H and O–H groups in total. The molecule has 1 aliphatic carbocycles. The summed E-state index contributed by atoms with van der Waals surface area (Å²) in [6, 6.07) is 17.7. The van der Waals surface area contributed by atoms with Crippen molar-refractivity contribution in [3.8, 4) is 0 Å². The monoisotopic (exact) mass is 825 g/mol. The molecule has 0 unspecified atom stereocenters. The maximum absolute atomic E-state index is 12.3. The van der Waals surface area contributed by atoms with Gasteiger partial charge < -0.3 is 23.8 Å². The molecule has 2 fully saturated rings. The van der Waals surface area contributed by atoms with E-state index in [1.54, 1.807) is 0 Å². The summed E-state index contributed by atoms with van der Waals surface area (Å²) >= 11 is 8.94. The third kappa shape index (κ3) is 11.4. The van der Waals surface area contributed by atoms with Gasteiger partial charge in [-0.1, -0.05) is 80.0 Å². The first kappa shape index (κ1) is 44.8. The van der Waals surface area contributed by atoms with Crippen molar-refractivity contribution in [2.45, 2.75) is 118 Å². The minimum atomic E-state index is -4.43. The molecule has 13 heteroatoms. The van der Waals surface area contributed by atoms with Crippen LogP contribution in [0.25, 0.3) is 0 Å². The molecule has 2 aromatic carbocycles. The number of halogens is 5. The second-order valence-corrected chi connectivity index (χ2v) is 17.8. The number of furan rings is 1. The van der Waals surface area contributed by atoms with E-state index in [1.165, 1.54) is 13.2 Å². The summed E-state index contributed by atoms with van der Waals surface area (Å²) in [4.78, 5) is 23.2. The molecule has 292 valence electrons. The highest BCUT2D eigenvalue weighted by molar-refractivity contribution is 9.10. The number of carbonyl (C=O) groups excluding carboxylic acids is 2. The van der Waals surface area contributed by atoms with E-state index in [9.17, 15) is 22.8 Å². The van der Waals surface area contributed by atoms with Crippen LogP contribution in [0.5, 0.6) is 0 Å². The molecule has 1 aliphatic heterocycles. The van der Waals surface area contributed by atoms with Crippen LogP contribution in [-0.2, 0) is 48.3 Å². The van der Waals surface area contributed by atoms with E-state index in [1.807, 2.05) is 90.1 Å². The second-order valence-electron chi connectivity index (χ2n) is 16.5. The lowest BCUT2D eigenvalue weighted by Gasteiger charge is -2.32. The highest BCUT2D eigenvalue weighted by Gasteiger charge is 2.52. The fourth-order valence-electron chi connectivity index (χ4n) is 6.59. The molecule has 0 radical (unpaired) electrons. The van der Waals surface area contributed by atoms with Gasteiger partial charge in [0.2, 0.25) is 11.0 Å². The van der Waals surface area contributed by atoms with Gasteiger partial charge in [0, 0.05) is 16.9 Å². The molecule has 1 saturated heterocycles. The Balaban J connectivity index is 0.000000223. The summed E-state index contributed by atoms with van der Waals surface area (Å²) in [5, 5.41) is 2.86. The van der Waals surface area contributed by atoms with Gasteiger partial charge in [0.05, 0.1) is 30.3 Å². The van der Waals surface area contributed by atoms with E-state index in [4.69, 9.17) is 30.1 Å². The van der Waals surface area contributed by atoms with E-state index in [0.717, 1.165) is 40.0 Å². The molecular formula is C40H53BBrClF3NO6. The van der Waals surface area contributed by atoms with Crippen molar-refractivity contribution in [1.82, 2.24) is 5.32 Å². The Labute approximate surface area is 326 Å². The first-order chi connectivity index (χ1) is 24.2. The molecule has 7 nitrogen and oxygen atoms in total. The smallest absolute Gasteiger partial charge is 0.468 e. The number of esters is 1. The lowest BCUT2D eigenvalue weighted by molar-refractivity contribution is -0.153. The summed E-state index contributed by atoms with van der Waals surface area (Å²) in [5.41, 5.74) is 1.53. The Morgan fingerprint density at radius 3 is 1.89 bits per heavy atom. The predicted octanol–water partition coefficient (Wildman–Crippen LogP) is 10.0. The first-order valence-electron chi connectivity index (χ1n) is 17.6. The maximum Gasteiger partial charge on any atom is 0.494 e. The third-order valence-electron chi connectivity index (χ3n) is 10.5. The molecule has 0 spiro atoms. The first-order valence-corrected chi connectivity index (χ1v) is 18.8. The number of nitrogens with one attached hydrogen (secondary N) is 1. The van der Waals surface area contributed by atoms with E-state index < -0.39 is 24.5 Å². The fourth-order valence-corrected chi connectivity index (χ4v) is 7.44. The summed E-state index contributed by atoms with van der Waals surface area (Å²) in [7, 11) is 0.973. The Kier molecular flexibility index (Phi) is 14.4. The van der Waals surface area contributed by atoms with Crippen molar-refractivity contribution in [1.29, 1.82) is 0 Å². The average Bonchev–Trinajstić information content (AvgIpc) is 3.69. The number of methoxy groups -OCH3 is 1. The molecule has 0 atom stereocenters. The predicted molar refractivity (Wildman–Crippen MR) is 207 cm³/mol. The number of benzene rings is 2. The minimum Gasteiger partial charge on any atom is -0.468 e. The van der Waals surface area contributed by atoms with Gasteiger partial charge in [-0.3, -0.25) is 9.59 Å². The van der Waals surface area contributed by atoms with Crippen LogP contribution in [0, 0.1) is 16.7 Å². The van der Waals surface area contributed by atoms with Gasteiger partial charge in [0.25, 0.3) is 0 Å². The van der Waals surface area contributed by atoms with Crippen molar-refractivity contribution < 1.29 is 41.2 Å². The Morgan fingerprint density at radius 1 is 0.887 bits per heavy atom. The largest absolute Gasteiger partial charge is 0.494 e. The molecule has 2 aliphatic rings. The Morgan fingerprint density at radius 2 is 1.43 bits per heavy atom. The van der Waals surface area contributed by atoms with Crippen molar-refractivity contribution in [3.63, 3.8) is 0 Å². The van der Waals surface area contributed by atoms with E-state index in [2.05, 4.69) is 48.9 Å². The van der Waals surface area contributed by atoms with Gasteiger partial charge in [0.15, 0.2) is 0 Å². The summed E-state index contributed by atoms with van der Waals surface area (Å²) in [6.45, 7) is 21.1. The number of rotatable bonds is 8. The zero-order chi connectivity index (χ0) is 40.2. The molecule has 1 aromatic heterocycles. The van der Waals surface area contributed by atoms with E-state index >= 15 is 0 Å². The van der Waals surface area contributed by atoms with Crippen molar-refractivity contribution in [2.24, 2.45) is 16.7 Å². The van der Waals surface area contributed by atoms with Crippen LogP contribution in [0.15, 0.2) is 69.6 Å². The van der Waals surface area contributed by atoms with Crippen molar-refractivity contribution in [3.05, 3.63) is 87.8 Å².